The number of imidazole rings is 1. The molecule has 142 valence electrons. The minimum absolute atomic E-state index is 0.154. The summed E-state index contributed by atoms with van der Waals surface area (Å²) in [4.78, 5) is 18.8. The van der Waals surface area contributed by atoms with Gasteiger partial charge in [0.2, 0.25) is 0 Å². The maximum absolute atomic E-state index is 12.8. The van der Waals surface area contributed by atoms with E-state index in [1.54, 1.807) is 42.2 Å². The summed E-state index contributed by atoms with van der Waals surface area (Å²) < 4.78 is 9.13. The molecule has 1 amide bonds. The molecule has 7 heteroatoms. The van der Waals surface area contributed by atoms with E-state index >= 15 is 0 Å². The van der Waals surface area contributed by atoms with Crippen LogP contribution < -0.4 is 4.74 Å². The van der Waals surface area contributed by atoms with E-state index in [1.807, 2.05) is 31.3 Å². The van der Waals surface area contributed by atoms with Gasteiger partial charge in [-0.2, -0.15) is 5.10 Å². The number of ether oxygens (including phenoxy) is 1. The summed E-state index contributed by atoms with van der Waals surface area (Å²) >= 11 is 0. The van der Waals surface area contributed by atoms with E-state index < -0.39 is 0 Å². The maximum atomic E-state index is 12.8. The van der Waals surface area contributed by atoms with Gasteiger partial charge < -0.3 is 14.2 Å². The van der Waals surface area contributed by atoms with E-state index in [2.05, 4.69) is 28.5 Å². The van der Waals surface area contributed by atoms with Crippen LogP contribution in [0.25, 0.3) is 5.69 Å². The Bertz CT molecular complexity index is 942. The highest BCUT2D eigenvalue weighted by molar-refractivity contribution is 5.92. The number of aromatic nitrogens is 4. The summed E-state index contributed by atoms with van der Waals surface area (Å²) in [6.45, 7) is 6.60. The number of carbonyl (C=O) groups is 1. The highest BCUT2D eigenvalue weighted by Crippen LogP contribution is 2.23. The number of rotatable bonds is 6. The minimum atomic E-state index is -0.154. The third-order valence-electron chi connectivity index (χ3n) is 4.42. The monoisotopic (exact) mass is 367 g/mol. The number of amides is 1. The number of aryl methyl sites for hydroxylation is 1. The van der Waals surface area contributed by atoms with Gasteiger partial charge in [0.05, 0.1) is 13.7 Å². The summed E-state index contributed by atoms with van der Waals surface area (Å²) in [5, 5.41) is 4.46. The van der Waals surface area contributed by atoms with Gasteiger partial charge in [-0.25, -0.2) is 9.67 Å². The van der Waals surface area contributed by atoms with Crippen molar-refractivity contribution in [1.82, 2.24) is 24.2 Å². The molecule has 3 aromatic rings. The summed E-state index contributed by atoms with van der Waals surface area (Å²) in [5.41, 5.74) is 2.27. The van der Waals surface area contributed by atoms with Gasteiger partial charge in [0.15, 0.2) is 5.69 Å². The maximum Gasteiger partial charge on any atom is 0.274 e. The molecule has 0 aliphatic rings. The second-order valence-corrected chi connectivity index (χ2v) is 6.83. The molecule has 0 bridgehead atoms. The van der Waals surface area contributed by atoms with Crippen LogP contribution in [-0.4, -0.2) is 44.3 Å². The van der Waals surface area contributed by atoms with Gasteiger partial charge >= 0.3 is 0 Å². The molecule has 0 aliphatic carbocycles. The Kier molecular flexibility index (Phi) is 5.30. The van der Waals surface area contributed by atoms with E-state index in [0.29, 0.717) is 24.0 Å². The van der Waals surface area contributed by atoms with Crippen molar-refractivity contribution in [3.05, 3.63) is 59.9 Å². The number of benzene rings is 1. The highest BCUT2D eigenvalue weighted by Gasteiger charge is 2.18. The average Bonchev–Trinajstić information content (AvgIpc) is 3.30. The summed E-state index contributed by atoms with van der Waals surface area (Å²) in [6, 6.07) is 7.85. The Morgan fingerprint density at radius 3 is 2.74 bits per heavy atom. The molecule has 0 spiro atoms. The molecule has 0 fully saturated rings. The van der Waals surface area contributed by atoms with Gasteiger partial charge in [0, 0.05) is 31.7 Å². The molecular weight excluding hydrogens is 342 g/mol. The summed E-state index contributed by atoms with van der Waals surface area (Å²) in [7, 11) is 3.38. The molecular formula is C20H25N5O2. The quantitative estimate of drug-likeness (QED) is 0.671. The normalized spacial score (nSPS) is 11.0. The lowest BCUT2D eigenvalue weighted by atomic mass is 10.2. The fourth-order valence-corrected chi connectivity index (χ4v) is 2.97. The summed E-state index contributed by atoms with van der Waals surface area (Å²) in [6.07, 6.45) is 5.46. The van der Waals surface area contributed by atoms with Crippen LogP contribution in [-0.2, 0) is 6.54 Å². The molecule has 3 rings (SSSR count). The second kappa shape index (κ2) is 7.65. The van der Waals surface area contributed by atoms with Crippen molar-refractivity contribution >= 4 is 5.91 Å². The van der Waals surface area contributed by atoms with Gasteiger partial charge in [0.25, 0.3) is 5.91 Å². The first kappa shape index (κ1) is 18.7. The van der Waals surface area contributed by atoms with Crippen molar-refractivity contribution in [2.75, 3.05) is 14.2 Å². The van der Waals surface area contributed by atoms with Crippen LogP contribution in [0.5, 0.6) is 5.75 Å². The lowest BCUT2D eigenvalue weighted by molar-refractivity contribution is 0.0773. The largest absolute Gasteiger partial charge is 0.494 e. The second-order valence-electron chi connectivity index (χ2n) is 6.83. The Morgan fingerprint density at radius 1 is 1.26 bits per heavy atom. The Balaban J connectivity index is 1.81. The van der Waals surface area contributed by atoms with E-state index in [-0.39, 0.29) is 5.91 Å². The van der Waals surface area contributed by atoms with Crippen molar-refractivity contribution in [1.29, 1.82) is 0 Å². The molecule has 2 aromatic heterocycles. The van der Waals surface area contributed by atoms with Gasteiger partial charge in [-0.1, -0.05) is 6.07 Å². The third-order valence-corrected chi connectivity index (χ3v) is 4.42. The van der Waals surface area contributed by atoms with Crippen molar-refractivity contribution < 1.29 is 9.53 Å². The fraction of sp³-hybridized carbons (Fsp3) is 0.350. The molecule has 2 heterocycles. The van der Waals surface area contributed by atoms with E-state index in [1.165, 1.54) is 0 Å². The first-order valence-corrected chi connectivity index (χ1v) is 8.88. The van der Waals surface area contributed by atoms with Crippen LogP contribution in [0.1, 0.15) is 41.8 Å². The van der Waals surface area contributed by atoms with Crippen LogP contribution in [0.2, 0.25) is 0 Å². The van der Waals surface area contributed by atoms with Gasteiger partial charge in [-0.3, -0.25) is 4.79 Å². The van der Waals surface area contributed by atoms with Crippen molar-refractivity contribution in [2.24, 2.45) is 0 Å². The third kappa shape index (κ3) is 3.86. The standard InChI is InChI=1S/C20H25N5O2/c1-14(2)24-11-9-21-19(24)13-23(4)20(26)16-8-10-25(22-16)17-12-15(3)6-7-18(17)27-5/h6-12,14H,13H2,1-5H3. The zero-order valence-electron chi connectivity index (χ0n) is 16.4. The molecule has 7 nitrogen and oxygen atoms in total. The fourth-order valence-electron chi connectivity index (χ4n) is 2.97. The van der Waals surface area contributed by atoms with Gasteiger partial charge in [0.1, 0.15) is 17.3 Å². The molecule has 27 heavy (non-hydrogen) atoms. The SMILES string of the molecule is COc1ccc(C)cc1-n1ccc(C(=O)N(C)Cc2nccn2C(C)C)n1. The number of carbonyl (C=O) groups excluding carboxylic acids is 1. The predicted molar refractivity (Wildman–Crippen MR) is 103 cm³/mol. The minimum Gasteiger partial charge on any atom is -0.494 e. The van der Waals surface area contributed by atoms with E-state index in [9.17, 15) is 4.79 Å². The number of nitrogens with zero attached hydrogens (tertiary/aromatic N) is 5. The molecule has 1 aromatic carbocycles. The Morgan fingerprint density at radius 2 is 2.04 bits per heavy atom. The number of hydrogen-bond donors (Lipinski definition) is 0. The van der Waals surface area contributed by atoms with Crippen LogP contribution in [0.4, 0.5) is 0 Å². The number of methoxy groups -OCH3 is 1. The summed E-state index contributed by atoms with van der Waals surface area (Å²) in [5.74, 6) is 1.40. The molecule has 0 atom stereocenters. The molecule has 0 radical (unpaired) electrons. The Labute approximate surface area is 159 Å². The molecule has 0 saturated carbocycles. The molecule has 0 N–H and O–H groups in total. The predicted octanol–water partition coefficient (Wildman–Crippen LogP) is 3.24. The average molecular weight is 367 g/mol. The van der Waals surface area contributed by atoms with E-state index in [0.717, 1.165) is 17.1 Å². The first-order chi connectivity index (χ1) is 12.9. The zero-order valence-corrected chi connectivity index (χ0v) is 16.4. The van der Waals surface area contributed by atoms with Crippen LogP contribution in [0.3, 0.4) is 0 Å². The molecule has 0 unspecified atom stereocenters. The van der Waals surface area contributed by atoms with Gasteiger partial charge in [-0.05, 0) is 44.5 Å². The van der Waals surface area contributed by atoms with E-state index in [4.69, 9.17) is 4.74 Å². The lowest BCUT2D eigenvalue weighted by Gasteiger charge is -2.18. The van der Waals surface area contributed by atoms with Crippen molar-refractivity contribution in [3.8, 4) is 11.4 Å². The Hall–Kier alpha value is -3.09. The smallest absolute Gasteiger partial charge is 0.274 e. The lowest BCUT2D eigenvalue weighted by Crippen LogP contribution is -2.28. The van der Waals surface area contributed by atoms with Crippen molar-refractivity contribution in [2.45, 2.75) is 33.4 Å². The topological polar surface area (TPSA) is 65.2 Å². The van der Waals surface area contributed by atoms with Crippen LogP contribution >= 0.6 is 0 Å². The first-order valence-electron chi connectivity index (χ1n) is 8.88. The van der Waals surface area contributed by atoms with Crippen molar-refractivity contribution in [3.63, 3.8) is 0 Å². The van der Waals surface area contributed by atoms with Crippen LogP contribution in [0, 0.1) is 6.92 Å². The zero-order chi connectivity index (χ0) is 19.6. The number of hydrogen-bond acceptors (Lipinski definition) is 4. The highest BCUT2D eigenvalue weighted by atomic mass is 16.5. The molecule has 0 saturated heterocycles. The molecule has 0 aliphatic heterocycles. The van der Waals surface area contributed by atoms with Gasteiger partial charge in [-0.15, -0.1) is 0 Å². The van der Waals surface area contributed by atoms with Crippen LogP contribution in [0.15, 0.2) is 42.9 Å².